The van der Waals surface area contributed by atoms with Gasteiger partial charge in [-0.1, -0.05) is 51.0 Å². The van der Waals surface area contributed by atoms with Gasteiger partial charge in [0.15, 0.2) is 0 Å². The number of hydrogen-bond acceptors (Lipinski definition) is 6. The molecule has 7 nitrogen and oxygen atoms in total. The molecule has 1 unspecified atom stereocenters. The minimum atomic E-state index is -0.510. The molecule has 2 N–H and O–H groups in total. The number of carbonyl (C=O) groups is 2. The molecule has 4 rings (SSSR count). The van der Waals surface area contributed by atoms with E-state index in [9.17, 15) is 9.59 Å². The molecule has 8 heteroatoms. The van der Waals surface area contributed by atoms with Crippen molar-refractivity contribution in [2.24, 2.45) is 10.8 Å². The summed E-state index contributed by atoms with van der Waals surface area (Å²) in [5.74, 6) is 2.82. The van der Waals surface area contributed by atoms with E-state index in [4.69, 9.17) is 6.42 Å². The van der Waals surface area contributed by atoms with Gasteiger partial charge in [-0.25, -0.2) is 10.4 Å². The molecule has 2 heterocycles. The van der Waals surface area contributed by atoms with Gasteiger partial charge in [0.25, 0.3) is 0 Å². The van der Waals surface area contributed by atoms with Gasteiger partial charge in [0.2, 0.25) is 11.8 Å². The van der Waals surface area contributed by atoms with Gasteiger partial charge in [-0.05, 0) is 75.5 Å². The second kappa shape index (κ2) is 12.4. The molecule has 2 fully saturated rings. The molecule has 1 aromatic carbocycles. The van der Waals surface area contributed by atoms with Crippen LogP contribution in [0.15, 0.2) is 41.5 Å². The Labute approximate surface area is 249 Å². The molecule has 41 heavy (non-hydrogen) atoms. The molecule has 1 aliphatic heterocycles. The predicted molar refractivity (Wildman–Crippen MR) is 166 cm³/mol. The van der Waals surface area contributed by atoms with Gasteiger partial charge >= 0.3 is 0 Å². The van der Waals surface area contributed by atoms with Crippen LogP contribution < -0.4 is 10.7 Å². The lowest BCUT2D eigenvalue weighted by molar-refractivity contribution is -0.146. The van der Waals surface area contributed by atoms with Crippen LogP contribution in [-0.2, 0) is 16.1 Å². The van der Waals surface area contributed by atoms with Crippen LogP contribution in [0.5, 0.6) is 0 Å². The fourth-order valence-electron chi connectivity index (χ4n) is 5.62. The van der Waals surface area contributed by atoms with E-state index in [1.54, 1.807) is 16.2 Å². The van der Waals surface area contributed by atoms with Crippen molar-refractivity contribution in [3.05, 3.63) is 52.8 Å². The summed E-state index contributed by atoms with van der Waals surface area (Å²) in [4.78, 5) is 35.0. The number of likely N-dealkylation sites (tertiary alicyclic amines) is 1. The van der Waals surface area contributed by atoms with E-state index in [1.807, 2.05) is 35.8 Å². The summed E-state index contributed by atoms with van der Waals surface area (Å²) < 4.78 is 0. The number of terminal acetylenes is 1. The lowest BCUT2D eigenvalue weighted by Gasteiger charge is -2.42. The fourth-order valence-corrected chi connectivity index (χ4v) is 6.43. The van der Waals surface area contributed by atoms with Crippen molar-refractivity contribution >= 4 is 23.2 Å². The van der Waals surface area contributed by atoms with Gasteiger partial charge < -0.3 is 15.2 Å². The molecule has 1 saturated carbocycles. The number of hydrogen-bond donors (Lipinski definition) is 2. The smallest absolute Gasteiger partial charge is 0.248 e. The van der Waals surface area contributed by atoms with Crippen molar-refractivity contribution in [3.63, 3.8) is 0 Å². The second-order valence-corrected chi connectivity index (χ2v) is 13.7. The van der Waals surface area contributed by atoms with Crippen LogP contribution in [0.3, 0.4) is 0 Å². The predicted octanol–water partition coefficient (Wildman–Crippen LogP) is 5.67. The van der Waals surface area contributed by atoms with Gasteiger partial charge in [0, 0.05) is 25.3 Å². The Hall–Kier alpha value is -3.15. The summed E-state index contributed by atoms with van der Waals surface area (Å²) in [6.45, 7) is 15.4. The zero-order valence-corrected chi connectivity index (χ0v) is 26.4. The van der Waals surface area contributed by atoms with Gasteiger partial charge in [0.1, 0.15) is 12.1 Å². The minimum Gasteiger partial charge on any atom is -0.350 e. The number of hydrazine groups is 1. The van der Waals surface area contributed by atoms with Gasteiger partial charge in [-0.3, -0.25) is 9.59 Å². The van der Waals surface area contributed by atoms with E-state index >= 15 is 0 Å². The van der Waals surface area contributed by atoms with Gasteiger partial charge in [0.05, 0.1) is 21.5 Å². The standard InChI is InChI=1S/C33H45N5O2S/c1-9-33(16-17-33)23(4)20-38(36-22(2)3)29(32(6,7)8)31(40)37-18-10-11-27(37)30(39)34-19-25-12-14-26(15-13-25)28-24(5)35-21-41-28/h1,12-15,20-22,27,29,36H,10-11,16-19H2,2-8H3,(H,34,39)/b23-20+/t27-,29?/m0/s1. The highest BCUT2D eigenvalue weighted by molar-refractivity contribution is 7.13. The number of aryl methyl sites for hydroxylation is 1. The van der Waals surface area contributed by atoms with Crippen LogP contribution in [0.25, 0.3) is 10.4 Å². The largest absolute Gasteiger partial charge is 0.350 e. The molecule has 0 radical (unpaired) electrons. The summed E-state index contributed by atoms with van der Waals surface area (Å²) in [7, 11) is 0. The van der Waals surface area contributed by atoms with Crippen LogP contribution >= 0.6 is 11.3 Å². The first-order chi connectivity index (χ1) is 19.4. The Bertz CT molecular complexity index is 1310. The molecule has 1 aromatic heterocycles. The first-order valence-corrected chi connectivity index (χ1v) is 15.5. The average Bonchev–Trinajstić information content (AvgIpc) is 3.34. The lowest BCUT2D eigenvalue weighted by atomic mass is 9.85. The number of amides is 2. The molecule has 1 aliphatic carbocycles. The summed E-state index contributed by atoms with van der Waals surface area (Å²) in [5.41, 5.74) is 8.98. The van der Waals surface area contributed by atoms with Crippen LogP contribution in [0, 0.1) is 30.1 Å². The number of allylic oxidation sites excluding steroid dienone is 1. The van der Waals surface area contributed by atoms with Crippen LogP contribution in [-0.4, -0.2) is 51.4 Å². The van der Waals surface area contributed by atoms with Crippen molar-refractivity contribution in [3.8, 4) is 22.8 Å². The van der Waals surface area contributed by atoms with Crippen molar-refractivity contribution in [2.45, 2.75) is 98.8 Å². The maximum Gasteiger partial charge on any atom is 0.248 e. The summed E-state index contributed by atoms with van der Waals surface area (Å²) in [6.07, 6.45) is 11.3. The summed E-state index contributed by atoms with van der Waals surface area (Å²) >= 11 is 1.63. The number of benzene rings is 1. The zero-order chi connectivity index (χ0) is 29.9. The summed E-state index contributed by atoms with van der Waals surface area (Å²) in [5, 5.41) is 5.05. The van der Waals surface area contributed by atoms with Crippen molar-refractivity contribution in [2.75, 3.05) is 6.54 Å². The van der Waals surface area contributed by atoms with Crippen molar-refractivity contribution < 1.29 is 9.59 Å². The Morgan fingerprint density at radius 1 is 1.27 bits per heavy atom. The zero-order valence-electron chi connectivity index (χ0n) is 25.6. The third kappa shape index (κ3) is 7.02. The molecule has 0 bridgehead atoms. The van der Waals surface area contributed by atoms with Crippen molar-refractivity contribution in [1.29, 1.82) is 0 Å². The Morgan fingerprint density at radius 2 is 1.95 bits per heavy atom. The normalized spacial score (nSPS) is 19.1. The van der Waals surface area contributed by atoms with Gasteiger partial charge in [-0.15, -0.1) is 17.8 Å². The number of nitrogens with one attached hydrogen (secondary N) is 2. The number of thiazole rings is 1. The topological polar surface area (TPSA) is 77.6 Å². The molecule has 2 atom stereocenters. The molecular formula is C33H45N5O2S. The fraction of sp³-hybridized carbons (Fsp3) is 0.545. The molecule has 220 valence electrons. The van der Waals surface area contributed by atoms with Crippen LogP contribution in [0.4, 0.5) is 0 Å². The number of nitrogens with zero attached hydrogens (tertiary/aromatic N) is 3. The van der Waals surface area contributed by atoms with E-state index in [1.165, 1.54) is 0 Å². The highest BCUT2D eigenvalue weighted by atomic mass is 32.1. The van der Waals surface area contributed by atoms with E-state index in [-0.39, 0.29) is 23.3 Å². The molecular weight excluding hydrogens is 530 g/mol. The SMILES string of the molecule is C#CC1(/C(C)=C/N(NC(C)C)C(C(=O)N2CCC[C@H]2C(=O)NCc2ccc(-c3scnc3C)cc2)C(C)(C)C)CC1. The number of carbonyl (C=O) groups excluding carboxylic acids is 2. The van der Waals surface area contributed by atoms with Crippen molar-refractivity contribution in [1.82, 2.24) is 25.6 Å². The van der Waals surface area contributed by atoms with Crippen LogP contribution in [0.1, 0.15) is 78.5 Å². The van der Waals surface area contributed by atoms with E-state index < -0.39 is 17.5 Å². The summed E-state index contributed by atoms with van der Waals surface area (Å²) in [6, 6.07) is 7.33. The number of aromatic nitrogens is 1. The van der Waals surface area contributed by atoms with E-state index in [2.05, 4.69) is 75.3 Å². The maximum atomic E-state index is 14.3. The molecule has 1 saturated heterocycles. The van der Waals surface area contributed by atoms with Crippen LogP contribution in [0.2, 0.25) is 0 Å². The quantitative estimate of drug-likeness (QED) is 0.282. The molecule has 2 aromatic rings. The first kappa shape index (κ1) is 30.8. The van der Waals surface area contributed by atoms with E-state index in [0.29, 0.717) is 19.5 Å². The highest BCUT2D eigenvalue weighted by Gasteiger charge is 2.46. The number of rotatable bonds is 10. The Balaban J connectivity index is 1.49. The molecule has 0 spiro atoms. The minimum absolute atomic E-state index is 0.0396. The highest BCUT2D eigenvalue weighted by Crippen LogP contribution is 2.51. The monoisotopic (exact) mass is 575 g/mol. The molecule has 2 amide bonds. The Kier molecular flexibility index (Phi) is 9.30. The average molecular weight is 576 g/mol. The van der Waals surface area contributed by atoms with E-state index in [0.717, 1.165) is 46.5 Å². The third-order valence-corrected chi connectivity index (χ3v) is 9.10. The third-order valence-electron chi connectivity index (χ3n) is 8.12. The Morgan fingerprint density at radius 3 is 2.49 bits per heavy atom. The maximum absolute atomic E-state index is 14.3. The first-order valence-electron chi connectivity index (χ1n) is 14.6. The van der Waals surface area contributed by atoms with Gasteiger partial charge in [-0.2, -0.15) is 0 Å². The molecule has 2 aliphatic rings. The second-order valence-electron chi connectivity index (χ2n) is 12.9. The lowest BCUT2D eigenvalue weighted by Crippen LogP contribution is -2.60.